The van der Waals surface area contributed by atoms with Gasteiger partial charge in [-0.1, -0.05) is 50.2 Å². The summed E-state index contributed by atoms with van der Waals surface area (Å²) in [5, 5.41) is 1.25. The van der Waals surface area contributed by atoms with Crippen LogP contribution in [0, 0.1) is 13.8 Å². The lowest BCUT2D eigenvalue weighted by Gasteiger charge is -2.10. The van der Waals surface area contributed by atoms with Crippen LogP contribution in [-0.4, -0.2) is 11.3 Å². The highest BCUT2D eigenvalue weighted by Gasteiger charge is 2.31. The molecule has 0 aliphatic heterocycles. The summed E-state index contributed by atoms with van der Waals surface area (Å²) in [7, 11) is 0. The molecule has 3 aromatic rings. The zero-order valence-electron chi connectivity index (χ0n) is 14.8. The van der Waals surface area contributed by atoms with Gasteiger partial charge in [0.1, 0.15) is 5.75 Å². The minimum atomic E-state index is -4.61. The minimum Gasteiger partial charge on any atom is -0.406 e. The first-order chi connectivity index (χ1) is 11.9. The fourth-order valence-electron chi connectivity index (χ4n) is 2.05. The number of hydrogen-bond donors (Lipinski definition) is 0. The fraction of sp³-hybridized carbons (Fsp3) is 0.250. The van der Waals surface area contributed by atoms with Gasteiger partial charge in [-0.05, 0) is 43.2 Å². The summed E-state index contributed by atoms with van der Waals surface area (Å²) in [6.45, 7) is 7.66. The van der Waals surface area contributed by atoms with Gasteiger partial charge in [0.2, 0.25) is 0 Å². The highest BCUT2D eigenvalue weighted by atomic mass is 19.4. The van der Waals surface area contributed by atoms with Crippen LogP contribution in [0.25, 0.3) is 10.9 Å². The number of pyridine rings is 1. The minimum absolute atomic E-state index is 0.148. The monoisotopic (exact) mass is 349 g/mol. The van der Waals surface area contributed by atoms with Crippen LogP contribution in [0.15, 0.2) is 60.8 Å². The van der Waals surface area contributed by atoms with E-state index in [0.717, 1.165) is 5.52 Å². The van der Waals surface area contributed by atoms with Crippen molar-refractivity contribution in [3.05, 3.63) is 71.9 Å². The van der Waals surface area contributed by atoms with Gasteiger partial charge in [-0.3, -0.25) is 4.98 Å². The second-order valence-corrected chi connectivity index (χ2v) is 4.96. The van der Waals surface area contributed by atoms with Crippen molar-refractivity contribution in [1.29, 1.82) is 0 Å². The Balaban J connectivity index is 0.000000228. The van der Waals surface area contributed by atoms with E-state index in [2.05, 4.69) is 28.8 Å². The van der Waals surface area contributed by atoms with Crippen molar-refractivity contribution in [2.45, 2.75) is 34.1 Å². The average molecular weight is 349 g/mol. The van der Waals surface area contributed by atoms with Gasteiger partial charge in [0.05, 0.1) is 5.52 Å². The average Bonchev–Trinajstić information content (AvgIpc) is 2.59. The molecule has 134 valence electrons. The molecule has 5 heteroatoms. The molecule has 1 heterocycles. The van der Waals surface area contributed by atoms with Crippen molar-refractivity contribution in [3.63, 3.8) is 0 Å². The molecule has 0 amide bonds. The van der Waals surface area contributed by atoms with E-state index >= 15 is 0 Å². The first kappa shape index (κ1) is 20.5. The summed E-state index contributed by atoms with van der Waals surface area (Å²) < 4.78 is 38.8. The predicted octanol–water partition coefficient (Wildman–Crippen LogP) is 6.46. The molecular formula is C20H22F3NO. The first-order valence-electron chi connectivity index (χ1n) is 7.98. The Morgan fingerprint density at radius 3 is 2.04 bits per heavy atom. The van der Waals surface area contributed by atoms with Gasteiger partial charge in [0.15, 0.2) is 0 Å². The molecule has 2 nitrogen and oxygen atoms in total. The van der Waals surface area contributed by atoms with Crippen LogP contribution in [-0.2, 0) is 0 Å². The van der Waals surface area contributed by atoms with E-state index < -0.39 is 6.36 Å². The Hall–Kier alpha value is -2.56. The van der Waals surface area contributed by atoms with Crippen LogP contribution in [0.2, 0.25) is 0 Å². The highest BCUT2D eigenvalue weighted by molar-refractivity contribution is 5.81. The number of benzene rings is 2. The molecular weight excluding hydrogens is 327 g/mol. The predicted molar refractivity (Wildman–Crippen MR) is 95.7 cm³/mol. The maximum atomic E-state index is 11.7. The molecule has 0 spiro atoms. The number of fused-ring (bicyclic) bond motifs is 1. The van der Waals surface area contributed by atoms with Crippen LogP contribution in [0.5, 0.6) is 5.75 Å². The van der Waals surface area contributed by atoms with Gasteiger partial charge >= 0.3 is 6.36 Å². The third-order valence-electron chi connectivity index (χ3n) is 3.18. The number of hydrogen-bond acceptors (Lipinski definition) is 2. The summed E-state index contributed by atoms with van der Waals surface area (Å²) in [5.74, 6) is -0.148. The number of alkyl halides is 3. The maximum absolute atomic E-state index is 11.7. The molecule has 0 unspecified atom stereocenters. The second kappa shape index (κ2) is 9.67. The molecule has 1 aromatic heterocycles. The molecule has 0 saturated heterocycles. The lowest BCUT2D eigenvalue weighted by Crippen LogP contribution is -2.17. The van der Waals surface area contributed by atoms with Crippen molar-refractivity contribution in [2.75, 3.05) is 0 Å². The highest BCUT2D eigenvalue weighted by Crippen LogP contribution is 2.25. The van der Waals surface area contributed by atoms with Crippen LogP contribution < -0.4 is 4.74 Å². The topological polar surface area (TPSA) is 22.1 Å². The van der Waals surface area contributed by atoms with Crippen molar-refractivity contribution in [3.8, 4) is 5.75 Å². The smallest absolute Gasteiger partial charge is 0.406 e. The SMILES string of the molecule is CC.Cc1cccc2ncccc12.Cc1ccccc1OC(F)(F)F. The van der Waals surface area contributed by atoms with Crippen molar-refractivity contribution < 1.29 is 17.9 Å². The Bertz CT molecular complexity index is 780. The van der Waals surface area contributed by atoms with Gasteiger partial charge in [-0.2, -0.15) is 0 Å². The number of nitrogens with zero attached hydrogens (tertiary/aromatic N) is 1. The van der Waals surface area contributed by atoms with E-state index in [1.54, 1.807) is 19.1 Å². The number of aryl methyl sites for hydroxylation is 2. The largest absolute Gasteiger partial charge is 0.573 e. The Morgan fingerprint density at radius 2 is 1.44 bits per heavy atom. The van der Waals surface area contributed by atoms with Crippen molar-refractivity contribution in [1.82, 2.24) is 4.98 Å². The van der Waals surface area contributed by atoms with E-state index in [1.807, 2.05) is 38.2 Å². The number of para-hydroxylation sites is 1. The summed E-state index contributed by atoms with van der Waals surface area (Å²) >= 11 is 0. The van der Waals surface area contributed by atoms with E-state index in [-0.39, 0.29) is 5.75 Å². The summed E-state index contributed by atoms with van der Waals surface area (Å²) in [5.41, 5.74) is 2.83. The zero-order chi connectivity index (χ0) is 18.9. The third-order valence-corrected chi connectivity index (χ3v) is 3.18. The summed E-state index contributed by atoms with van der Waals surface area (Å²) in [6.07, 6.45) is -2.78. The standard InChI is InChI=1S/C10H9N.C8H7F3O.C2H6/c1-8-4-2-6-10-9(8)5-3-7-11-10;1-6-4-2-3-5-7(6)12-8(9,10)11;1-2/h2-7H,1H3;2-5H,1H3;1-2H3. The molecule has 2 aromatic carbocycles. The van der Waals surface area contributed by atoms with Crippen LogP contribution >= 0.6 is 0 Å². The Morgan fingerprint density at radius 1 is 0.800 bits per heavy atom. The van der Waals surface area contributed by atoms with Crippen molar-refractivity contribution >= 4 is 10.9 Å². The van der Waals surface area contributed by atoms with Gasteiger partial charge < -0.3 is 4.74 Å². The molecule has 0 radical (unpaired) electrons. The summed E-state index contributed by atoms with van der Waals surface area (Å²) in [4.78, 5) is 4.24. The fourth-order valence-corrected chi connectivity index (χ4v) is 2.05. The lowest BCUT2D eigenvalue weighted by atomic mass is 10.1. The van der Waals surface area contributed by atoms with Crippen LogP contribution in [0.1, 0.15) is 25.0 Å². The van der Waals surface area contributed by atoms with Crippen LogP contribution in [0.3, 0.4) is 0 Å². The number of halogens is 3. The molecule has 0 aliphatic carbocycles. The first-order valence-corrected chi connectivity index (χ1v) is 7.98. The van der Waals surface area contributed by atoms with Crippen LogP contribution in [0.4, 0.5) is 13.2 Å². The Labute approximate surface area is 146 Å². The second-order valence-electron chi connectivity index (χ2n) is 4.96. The van der Waals surface area contributed by atoms with E-state index in [0.29, 0.717) is 5.56 Å². The molecule has 25 heavy (non-hydrogen) atoms. The zero-order valence-corrected chi connectivity index (χ0v) is 14.8. The molecule has 0 saturated carbocycles. The molecule has 3 rings (SSSR count). The van der Waals surface area contributed by atoms with E-state index in [4.69, 9.17) is 0 Å². The van der Waals surface area contributed by atoms with E-state index in [1.165, 1.54) is 23.1 Å². The maximum Gasteiger partial charge on any atom is 0.573 e. The van der Waals surface area contributed by atoms with Gasteiger partial charge in [-0.25, -0.2) is 0 Å². The summed E-state index contributed by atoms with van der Waals surface area (Å²) in [6, 6.07) is 16.2. The molecule has 0 fully saturated rings. The molecule has 0 N–H and O–H groups in total. The lowest BCUT2D eigenvalue weighted by molar-refractivity contribution is -0.274. The van der Waals surface area contributed by atoms with E-state index in [9.17, 15) is 13.2 Å². The van der Waals surface area contributed by atoms with Crippen molar-refractivity contribution in [2.24, 2.45) is 0 Å². The normalized spacial score (nSPS) is 10.2. The Kier molecular flexibility index (Phi) is 7.92. The molecule has 0 atom stereocenters. The number of rotatable bonds is 1. The molecule has 0 aliphatic rings. The number of ether oxygens (including phenoxy) is 1. The number of aromatic nitrogens is 1. The quantitative estimate of drug-likeness (QED) is 0.503. The molecule has 0 bridgehead atoms. The van der Waals surface area contributed by atoms with Gasteiger partial charge in [-0.15, -0.1) is 13.2 Å². The third kappa shape index (κ3) is 6.83. The van der Waals surface area contributed by atoms with Gasteiger partial charge in [0.25, 0.3) is 0 Å². The van der Waals surface area contributed by atoms with Gasteiger partial charge in [0, 0.05) is 11.6 Å².